The number of amides is 1. The molecule has 1 amide bonds. The van der Waals surface area contributed by atoms with Gasteiger partial charge in [-0.2, -0.15) is 5.26 Å². The number of likely N-dealkylation sites (N-methyl/N-ethyl adjacent to an activating group) is 1. The number of anilines is 2. The second kappa shape index (κ2) is 6.11. The molecule has 2 heterocycles. The number of carbonyl (C=O) groups excluding carboxylic acids is 1. The first-order valence-electron chi connectivity index (χ1n) is 6.56. The van der Waals surface area contributed by atoms with Gasteiger partial charge in [-0.3, -0.25) is 4.79 Å². The van der Waals surface area contributed by atoms with Crippen molar-refractivity contribution in [1.29, 1.82) is 5.26 Å². The van der Waals surface area contributed by atoms with E-state index in [-0.39, 0.29) is 5.91 Å². The maximum Gasteiger partial charge on any atom is 0.263 e. The number of nitrogens with two attached hydrogens (primary N) is 1. The molecule has 7 heteroatoms. The number of hydrogen-bond acceptors (Lipinski definition) is 6. The Bertz CT molecular complexity index is 548. The molecule has 0 aliphatic carbocycles. The molecule has 0 bridgehead atoms. The van der Waals surface area contributed by atoms with E-state index in [1.807, 2.05) is 0 Å². The van der Waals surface area contributed by atoms with Crippen LogP contribution in [0.2, 0.25) is 0 Å². The van der Waals surface area contributed by atoms with E-state index in [9.17, 15) is 10.1 Å². The molecule has 20 heavy (non-hydrogen) atoms. The van der Waals surface area contributed by atoms with Crippen molar-refractivity contribution in [2.24, 2.45) is 0 Å². The molecule has 0 radical (unpaired) electrons. The Morgan fingerprint density at radius 3 is 2.80 bits per heavy atom. The smallest absolute Gasteiger partial charge is 0.263 e. The Labute approximate surface area is 122 Å². The van der Waals surface area contributed by atoms with E-state index in [0.717, 1.165) is 37.6 Å². The van der Waals surface area contributed by atoms with Gasteiger partial charge in [-0.1, -0.05) is 0 Å². The van der Waals surface area contributed by atoms with Crippen molar-refractivity contribution in [3.05, 3.63) is 10.4 Å². The third-order valence-corrected chi connectivity index (χ3v) is 4.74. The van der Waals surface area contributed by atoms with E-state index in [1.165, 1.54) is 11.3 Å². The van der Waals surface area contributed by atoms with Crippen LogP contribution >= 0.6 is 11.3 Å². The summed E-state index contributed by atoms with van der Waals surface area (Å²) in [7, 11) is 3.65. The number of rotatable bonds is 2. The first kappa shape index (κ1) is 14.6. The SMILES string of the molecule is CNC(=O)c1sc(N2CCCN(C)CC2)c(C#N)c1N. The zero-order valence-electron chi connectivity index (χ0n) is 11.8. The second-order valence-corrected chi connectivity index (χ2v) is 5.86. The minimum atomic E-state index is -0.234. The van der Waals surface area contributed by atoms with Gasteiger partial charge >= 0.3 is 0 Å². The Balaban J connectivity index is 2.36. The third kappa shape index (κ3) is 2.71. The van der Waals surface area contributed by atoms with Crippen LogP contribution in [0.3, 0.4) is 0 Å². The molecule has 1 aliphatic rings. The van der Waals surface area contributed by atoms with Gasteiger partial charge in [0.1, 0.15) is 21.5 Å². The summed E-state index contributed by atoms with van der Waals surface area (Å²) in [5.41, 5.74) is 6.68. The van der Waals surface area contributed by atoms with Crippen LogP contribution in [-0.2, 0) is 0 Å². The fourth-order valence-electron chi connectivity index (χ4n) is 2.29. The fourth-order valence-corrected chi connectivity index (χ4v) is 3.46. The maximum absolute atomic E-state index is 11.8. The summed E-state index contributed by atoms with van der Waals surface area (Å²) in [5.74, 6) is -0.234. The highest BCUT2D eigenvalue weighted by Gasteiger charge is 2.24. The predicted molar refractivity (Wildman–Crippen MR) is 81.2 cm³/mol. The molecule has 1 aromatic rings. The van der Waals surface area contributed by atoms with Crippen LogP contribution < -0.4 is 16.0 Å². The predicted octanol–water partition coefficient (Wildman–Crippen LogP) is 0.703. The first-order chi connectivity index (χ1) is 9.58. The molecule has 0 spiro atoms. The zero-order valence-corrected chi connectivity index (χ0v) is 12.6. The van der Waals surface area contributed by atoms with Gasteiger partial charge in [-0.25, -0.2) is 0 Å². The van der Waals surface area contributed by atoms with E-state index in [1.54, 1.807) is 7.05 Å². The summed E-state index contributed by atoms with van der Waals surface area (Å²) < 4.78 is 0. The van der Waals surface area contributed by atoms with Crippen LogP contribution in [-0.4, -0.2) is 51.1 Å². The maximum atomic E-state index is 11.8. The van der Waals surface area contributed by atoms with Gasteiger partial charge in [-0.15, -0.1) is 11.3 Å². The lowest BCUT2D eigenvalue weighted by molar-refractivity contribution is 0.0968. The first-order valence-corrected chi connectivity index (χ1v) is 7.38. The quantitative estimate of drug-likeness (QED) is 0.838. The molecule has 108 valence electrons. The Hall–Kier alpha value is -1.78. The third-order valence-electron chi connectivity index (χ3n) is 3.48. The van der Waals surface area contributed by atoms with Gasteiger partial charge in [0, 0.05) is 26.7 Å². The number of nitrogens with one attached hydrogen (secondary N) is 1. The molecule has 1 aliphatic heterocycles. The van der Waals surface area contributed by atoms with Crippen LogP contribution in [0.1, 0.15) is 21.7 Å². The molecular weight excluding hydrogens is 274 g/mol. The van der Waals surface area contributed by atoms with E-state index in [4.69, 9.17) is 5.73 Å². The minimum Gasteiger partial charge on any atom is -0.396 e. The summed E-state index contributed by atoms with van der Waals surface area (Å²) in [6, 6.07) is 2.14. The lowest BCUT2D eigenvalue weighted by Gasteiger charge is -2.21. The van der Waals surface area contributed by atoms with E-state index in [0.29, 0.717) is 16.1 Å². The standard InChI is InChI=1S/C13H19N5OS/c1-16-12(19)11-10(15)9(8-14)13(20-11)18-5-3-4-17(2)6-7-18/h3-7,15H2,1-2H3,(H,16,19). The summed E-state index contributed by atoms with van der Waals surface area (Å²) in [6.07, 6.45) is 1.04. The summed E-state index contributed by atoms with van der Waals surface area (Å²) in [6.45, 7) is 3.71. The molecule has 0 unspecified atom stereocenters. The van der Waals surface area contributed by atoms with Crippen LogP contribution in [0.25, 0.3) is 0 Å². The minimum absolute atomic E-state index is 0.234. The van der Waals surface area contributed by atoms with Gasteiger partial charge in [0.25, 0.3) is 5.91 Å². The number of nitrogens with zero attached hydrogens (tertiary/aromatic N) is 3. The average molecular weight is 293 g/mol. The number of hydrogen-bond donors (Lipinski definition) is 2. The van der Waals surface area contributed by atoms with Gasteiger partial charge < -0.3 is 20.9 Å². The Morgan fingerprint density at radius 1 is 1.40 bits per heavy atom. The van der Waals surface area contributed by atoms with E-state index >= 15 is 0 Å². The number of carbonyl (C=O) groups is 1. The summed E-state index contributed by atoms with van der Waals surface area (Å²) in [4.78, 5) is 16.7. The molecule has 6 nitrogen and oxygen atoms in total. The van der Waals surface area contributed by atoms with Gasteiger partial charge in [-0.05, 0) is 20.0 Å². The van der Waals surface area contributed by atoms with Crippen molar-refractivity contribution >= 4 is 27.9 Å². The molecular formula is C13H19N5OS. The summed E-state index contributed by atoms with van der Waals surface area (Å²) >= 11 is 1.31. The lowest BCUT2D eigenvalue weighted by Crippen LogP contribution is -2.28. The zero-order chi connectivity index (χ0) is 14.7. The van der Waals surface area contributed by atoms with Crippen molar-refractivity contribution in [2.45, 2.75) is 6.42 Å². The van der Waals surface area contributed by atoms with Crippen molar-refractivity contribution < 1.29 is 4.79 Å². The van der Waals surface area contributed by atoms with Gasteiger partial charge in [0.05, 0.1) is 5.69 Å². The molecule has 0 saturated carbocycles. The normalized spacial score (nSPS) is 16.6. The highest BCUT2D eigenvalue weighted by atomic mass is 32.1. The number of thiophene rings is 1. The topological polar surface area (TPSA) is 85.4 Å². The Kier molecular flexibility index (Phi) is 4.47. The molecule has 0 aromatic carbocycles. The molecule has 1 aromatic heterocycles. The highest BCUT2D eigenvalue weighted by Crippen LogP contribution is 2.38. The van der Waals surface area contributed by atoms with Crippen LogP contribution in [0.4, 0.5) is 10.7 Å². The second-order valence-electron chi connectivity index (χ2n) is 4.86. The molecule has 2 rings (SSSR count). The van der Waals surface area contributed by atoms with Crippen LogP contribution in [0.15, 0.2) is 0 Å². The molecule has 3 N–H and O–H groups in total. The highest BCUT2D eigenvalue weighted by molar-refractivity contribution is 7.19. The van der Waals surface area contributed by atoms with E-state index in [2.05, 4.69) is 28.2 Å². The molecule has 1 saturated heterocycles. The number of nitrogen functional groups attached to an aromatic ring is 1. The average Bonchev–Trinajstić information content (AvgIpc) is 2.62. The molecule has 0 atom stereocenters. The summed E-state index contributed by atoms with van der Waals surface area (Å²) in [5, 5.41) is 12.7. The van der Waals surface area contributed by atoms with Crippen molar-refractivity contribution in [3.63, 3.8) is 0 Å². The molecule has 1 fully saturated rings. The fraction of sp³-hybridized carbons (Fsp3) is 0.538. The van der Waals surface area contributed by atoms with Gasteiger partial charge in [0.15, 0.2) is 0 Å². The largest absolute Gasteiger partial charge is 0.396 e. The van der Waals surface area contributed by atoms with Gasteiger partial charge in [0.2, 0.25) is 0 Å². The van der Waals surface area contributed by atoms with Crippen LogP contribution in [0.5, 0.6) is 0 Å². The monoisotopic (exact) mass is 293 g/mol. The van der Waals surface area contributed by atoms with Crippen molar-refractivity contribution in [3.8, 4) is 6.07 Å². The Morgan fingerprint density at radius 2 is 2.15 bits per heavy atom. The van der Waals surface area contributed by atoms with Crippen molar-refractivity contribution in [2.75, 3.05) is 50.9 Å². The van der Waals surface area contributed by atoms with Crippen molar-refractivity contribution in [1.82, 2.24) is 10.2 Å². The van der Waals surface area contributed by atoms with Crippen LogP contribution in [0, 0.1) is 11.3 Å². The lowest BCUT2D eigenvalue weighted by atomic mass is 10.2. The number of nitriles is 1. The van der Waals surface area contributed by atoms with E-state index < -0.39 is 0 Å².